The molecule has 11 heavy (non-hydrogen) atoms. The zero-order valence-corrected chi connectivity index (χ0v) is 8.12. The summed E-state index contributed by atoms with van der Waals surface area (Å²) in [5.41, 5.74) is 0. The molecule has 2 heteroatoms. The molecule has 0 N–H and O–H groups in total. The van der Waals surface area contributed by atoms with Gasteiger partial charge in [0.25, 0.3) is 0 Å². The van der Waals surface area contributed by atoms with Gasteiger partial charge in [0.15, 0.2) is 0 Å². The molecule has 0 unspecified atom stereocenters. The smallest absolute Gasteiger partial charge is 0.143 e. The van der Waals surface area contributed by atoms with E-state index >= 15 is 0 Å². The van der Waals surface area contributed by atoms with Crippen LogP contribution in [0.3, 0.4) is 0 Å². The lowest BCUT2D eigenvalue weighted by molar-refractivity contribution is -0.116. The molecule has 0 aromatic rings. The summed E-state index contributed by atoms with van der Waals surface area (Å²) < 4.78 is 0. The topological polar surface area (TPSA) is 17.1 Å². The van der Waals surface area contributed by atoms with Crippen molar-refractivity contribution in [1.29, 1.82) is 0 Å². The number of carbonyl (C=O) groups excluding carboxylic acids is 1. The minimum atomic E-state index is 0.450. The van der Waals surface area contributed by atoms with Gasteiger partial charge < -0.3 is 0 Å². The first kappa shape index (κ1) is 9.11. The molecule has 0 aliphatic heterocycles. The highest BCUT2D eigenvalue weighted by molar-refractivity contribution is 8.00. The summed E-state index contributed by atoms with van der Waals surface area (Å²) in [6.45, 7) is 4.27. The molecule has 1 nitrogen and oxygen atoms in total. The maximum absolute atomic E-state index is 11.2. The maximum atomic E-state index is 11.2. The van der Waals surface area contributed by atoms with Gasteiger partial charge in [-0.2, -0.15) is 11.8 Å². The van der Waals surface area contributed by atoms with Crippen molar-refractivity contribution < 1.29 is 4.79 Å². The summed E-state index contributed by atoms with van der Waals surface area (Å²) in [7, 11) is 0. The Hall–Kier alpha value is 0.0200. The number of rotatable bonds is 5. The van der Waals surface area contributed by atoms with E-state index in [0.29, 0.717) is 11.0 Å². The van der Waals surface area contributed by atoms with Crippen molar-refractivity contribution in [1.82, 2.24) is 0 Å². The van der Waals surface area contributed by atoms with E-state index in [4.69, 9.17) is 0 Å². The molecule has 1 rings (SSSR count). The fraction of sp³-hybridized carbons (Fsp3) is 0.889. The molecule has 1 saturated carbocycles. The van der Waals surface area contributed by atoms with E-state index in [-0.39, 0.29) is 0 Å². The Morgan fingerprint density at radius 1 is 1.55 bits per heavy atom. The van der Waals surface area contributed by atoms with Crippen LogP contribution in [0.4, 0.5) is 0 Å². The maximum Gasteiger partial charge on any atom is 0.143 e. The fourth-order valence-corrected chi connectivity index (χ4v) is 1.60. The Labute approximate surface area is 72.9 Å². The molecule has 0 radical (unpaired) electrons. The molecule has 0 heterocycles. The summed E-state index contributed by atoms with van der Waals surface area (Å²) in [5.74, 6) is 1.94. The van der Waals surface area contributed by atoms with E-state index in [1.54, 1.807) is 11.8 Å². The summed E-state index contributed by atoms with van der Waals surface area (Å²) in [6.07, 6.45) is 3.43. The second-order valence-electron chi connectivity index (χ2n) is 3.55. The van der Waals surface area contributed by atoms with Crippen LogP contribution in [0.25, 0.3) is 0 Å². The molecule has 0 spiro atoms. The largest absolute Gasteiger partial charge is 0.299 e. The average molecular weight is 172 g/mol. The molecule has 64 valence electrons. The van der Waals surface area contributed by atoms with Crippen LogP contribution in [0.5, 0.6) is 0 Å². The highest BCUT2D eigenvalue weighted by Gasteiger charge is 2.23. The van der Waals surface area contributed by atoms with E-state index in [1.807, 2.05) is 0 Å². The van der Waals surface area contributed by atoms with Crippen molar-refractivity contribution in [3.63, 3.8) is 0 Å². The van der Waals surface area contributed by atoms with Crippen LogP contribution in [0.15, 0.2) is 0 Å². The van der Waals surface area contributed by atoms with Gasteiger partial charge in [0.05, 0.1) is 5.75 Å². The molecular weight excluding hydrogens is 156 g/mol. The summed E-state index contributed by atoms with van der Waals surface area (Å²) in [4.78, 5) is 11.2. The van der Waals surface area contributed by atoms with Gasteiger partial charge in [-0.25, -0.2) is 0 Å². The second kappa shape index (κ2) is 4.15. The monoisotopic (exact) mass is 172 g/mol. The zero-order valence-electron chi connectivity index (χ0n) is 7.30. The summed E-state index contributed by atoms with van der Waals surface area (Å²) in [5, 5.41) is 0.596. The van der Waals surface area contributed by atoms with E-state index in [1.165, 1.54) is 12.8 Å². The molecule has 0 saturated heterocycles. The van der Waals surface area contributed by atoms with Crippen molar-refractivity contribution in [3.8, 4) is 0 Å². The Morgan fingerprint density at radius 3 is 2.64 bits per heavy atom. The molecule has 0 atom stereocenters. The number of hydrogen-bond acceptors (Lipinski definition) is 2. The molecule has 1 aliphatic carbocycles. The molecule has 1 fully saturated rings. The molecule has 0 aromatic carbocycles. The highest BCUT2D eigenvalue weighted by atomic mass is 32.2. The van der Waals surface area contributed by atoms with Crippen LogP contribution >= 0.6 is 11.8 Å². The van der Waals surface area contributed by atoms with Crippen LogP contribution in [0, 0.1) is 5.92 Å². The fourth-order valence-electron chi connectivity index (χ4n) is 0.962. The van der Waals surface area contributed by atoms with Gasteiger partial charge in [-0.1, -0.05) is 13.8 Å². The number of Topliss-reactive ketones (excluding diaryl/α,β-unsaturated/α-hetero) is 1. The third kappa shape index (κ3) is 4.46. The van der Waals surface area contributed by atoms with Gasteiger partial charge in [0.1, 0.15) is 5.78 Å². The first-order valence-corrected chi connectivity index (χ1v) is 5.36. The van der Waals surface area contributed by atoms with Crippen LogP contribution in [-0.2, 0) is 4.79 Å². The molecule has 0 aromatic heterocycles. The summed E-state index contributed by atoms with van der Waals surface area (Å²) in [6, 6.07) is 0. The van der Waals surface area contributed by atoms with Crippen molar-refractivity contribution in [2.75, 3.05) is 5.75 Å². The normalized spacial score (nSPS) is 17.4. The van der Waals surface area contributed by atoms with Gasteiger partial charge in [-0.15, -0.1) is 0 Å². The van der Waals surface area contributed by atoms with Gasteiger partial charge >= 0.3 is 0 Å². The van der Waals surface area contributed by atoms with Gasteiger partial charge in [0, 0.05) is 6.42 Å². The Kier molecular flexibility index (Phi) is 3.44. The van der Waals surface area contributed by atoms with Crippen molar-refractivity contribution in [2.24, 2.45) is 5.92 Å². The van der Waals surface area contributed by atoms with Crippen molar-refractivity contribution >= 4 is 17.5 Å². The first-order valence-electron chi connectivity index (χ1n) is 4.32. The predicted molar refractivity (Wildman–Crippen MR) is 49.9 cm³/mol. The Morgan fingerprint density at radius 2 is 2.18 bits per heavy atom. The quantitative estimate of drug-likeness (QED) is 0.634. The van der Waals surface area contributed by atoms with E-state index in [2.05, 4.69) is 13.8 Å². The molecular formula is C9H16OS. The number of hydrogen-bond donors (Lipinski definition) is 0. The van der Waals surface area contributed by atoms with Gasteiger partial charge in [-0.05, 0) is 24.0 Å². The lowest BCUT2D eigenvalue weighted by Crippen LogP contribution is -2.04. The van der Waals surface area contributed by atoms with Crippen LogP contribution in [0.1, 0.15) is 33.1 Å². The minimum absolute atomic E-state index is 0.450. The zero-order chi connectivity index (χ0) is 8.27. The SMILES string of the molecule is CC(C)SCC(=O)CC1CC1. The van der Waals surface area contributed by atoms with E-state index in [0.717, 1.165) is 18.1 Å². The Balaban J connectivity index is 2.00. The van der Waals surface area contributed by atoms with E-state index in [9.17, 15) is 4.79 Å². The second-order valence-corrected chi connectivity index (χ2v) is 5.11. The number of ketones is 1. The average Bonchev–Trinajstić information content (AvgIpc) is 2.67. The lowest BCUT2D eigenvalue weighted by atomic mass is 10.2. The standard InChI is InChI=1S/C9H16OS/c1-7(2)11-6-9(10)5-8-3-4-8/h7-8H,3-6H2,1-2H3. The predicted octanol–water partition coefficient (Wildman–Crippen LogP) is 2.50. The van der Waals surface area contributed by atoms with Crippen LogP contribution in [-0.4, -0.2) is 16.8 Å². The molecule has 1 aliphatic rings. The third-order valence-corrected chi connectivity index (χ3v) is 2.95. The lowest BCUT2D eigenvalue weighted by Gasteiger charge is -2.02. The van der Waals surface area contributed by atoms with Crippen molar-refractivity contribution in [3.05, 3.63) is 0 Å². The minimum Gasteiger partial charge on any atom is -0.299 e. The molecule has 0 bridgehead atoms. The third-order valence-electron chi connectivity index (χ3n) is 1.79. The van der Waals surface area contributed by atoms with Gasteiger partial charge in [0.2, 0.25) is 0 Å². The van der Waals surface area contributed by atoms with Crippen LogP contribution < -0.4 is 0 Å². The number of carbonyl (C=O) groups is 1. The van der Waals surface area contributed by atoms with Crippen LogP contribution in [0.2, 0.25) is 0 Å². The highest BCUT2D eigenvalue weighted by Crippen LogP contribution is 2.32. The first-order chi connectivity index (χ1) is 5.18. The Bertz CT molecular complexity index is 138. The van der Waals surface area contributed by atoms with Gasteiger partial charge in [-0.3, -0.25) is 4.79 Å². The van der Waals surface area contributed by atoms with Crippen molar-refractivity contribution in [2.45, 2.75) is 38.4 Å². The van der Waals surface area contributed by atoms with E-state index < -0.39 is 0 Å². The number of thioether (sulfide) groups is 1. The summed E-state index contributed by atoms with van der Waals surface area (Å²) >= 11 is 1.76. The molecule has 0 amide bonds.